The number of nitrogens with one attached hydrogen (secondary N) is 1. The van der Waals surface area contributed by atoms with Gasteiger partial charge in [-0.3, -0.25) is 0 Å². The lowest BCUT2D eigenvalue weighted by molar-refractivity contribution is 0.548. The molecule has 0 amide bonds. The van der Waals surface area contributed by atoms with Gasteiger partial charge in [0.25, 0.3) is 0 Å². The van der Waals surface area contributed by atoms with Crippen LogP contribution in [0.2, 0.25) is 0 Å². The van der Waals surface area contributed by atoms with E-state index < -0.39 is 0 Å². The van der Waals surface area contributed by atoms with E-state index in [1.54, 1.807) is 0 Å². The van der Waals surface area contributed by atoms with Crippen LogP contribution in [0.3, 0.4) is 0 Å². The van der Waals surface area contributed by atoms with Crippen LogP contribution in [0.25, 0.3) is 0 Å². The molecule has 1 aromatic rings. The molecule has 0 aromatic carbocycles. The van der Waals surface area contributed by atoms with E-state index in [1.807, 2.05) is 19.1 Å². The first-order valence-electron chi connectivity index (χ1n) is 4.92. The first-order chi connectivity index (χ1) is 6.94. The average Bonchev–Trinajstić information content (AvgIpc) is 2.10. The Hall–Kier alpha value is -0.280. The first-order valence-corrected chi connectivity index (χ1v) is 6.25. The zero-order valence-electron chi connectivity index (χ0n) is 9.27. The number of anilines is 1. The zero-order valence-corrected chi connectivity index (χ0v) is 11.6. The van der Waals surface area contributed by atoms with Gasteiger partial charge in [-0.15, -0.1) is 11.6 Å². The van der Waals surface area contributed by atoms with E-state index >= 15 is 0 Å². The standard InChI is InChI=1S/C11H16BrClN2/c1-8-9(12)4-5-10(14-8)15-11(2,3)6-7-13/h4-5H,6-7H2,1-3H3,(H,14,15). The monoisotopic (exact) mass is 290 g/mol. The van der Waals surface area contributed by atoms with Gasteiger partial charge in [-0.2, -0.15) is 0 Å². The number of nitrogens with zero attached hydrogens (tertiary/aromatic N) is 1. The number of aromatic nitrogens is 1. The van der Waals surface area contributed by atoms with E-state index in [9.17, 15) is 0 Å². The van der Waals surface area contributed by atoms with Gasteiger partial charge < -0.3 is 5.32 Å². The van der Waals surface area contributed by atoms with Crippen molar-refractivity contribution in [2.45, 2.75) is 32.7 Å². The molecule has 0 radical (unpaired) electrons. The summed E-state index contributed by atoms with van der Waals surface area (Å²) in [4.78, 5) is 4.44. The second-order valence-electron chi connectivity index (χ2n) is 4.21. The minimum atomic E-state index is -0.0188. The highest BCUT2D eigenvalue weighted by atomic mass is 79.9. The molecule has 0 unspecified atom stereocenters. The fourth-order valence-electron chi connectivity index (χ4n) is 1.26. The minimum absolute atomic E-state index is 0.0188. The summed E-state index contributed by atoms with van der Waals surface area (Å²) >= 11 is 9.17. The van der Waals surface area contributed by atoms with Crippen LogP contribution in [0, 0.1) is 6.92 Å². The Labute approximate surface area is 105 Å². The summed E-state index contributed by atoms with van der Waals surface area (Å²) in [5.74, 6) is 1.54. The van der Waals surface area contributed by atoms with E-state index in [4.69, 9.17) is 11.6 Å². The summed E-state index contributed by atoms with van der Waals surface area (Å²) in [6.07, 6.45) is 0.908. The van der Waals surface area contributed by atoms with E-state index in [2.05, 4.69) is 40.1 Å². The lowest BCUT2D eigenvalue weighted by atomic mass is 10.0. The van der Waals surface area contributed by atoms with Crippen molar-refractivity contribution in [2.24, 2.45) is 0 Å². The topological polar surface area (TPSA) is 24.9 Å². The van der Waals surface area contributed by atoms with E-state index in [1.165, 1.54) is 0 Å². The number of pyridine rings is 1. The fraction of sp³-hybridized carbons (Fsp3) is 0.545. The van der Waals surface area contributed by atoms with Crippen LogP contribution < -0.4 is 5.32 Å². The van der Waals surface area contributed by atoms with Crippen LogP contribution in [0.4, 0.5) is 5.82 Å². The number of hydrogen-bond acceptors (Lipinski definition) is 2. The van der Waals surface area contributed by atoms with E-state index in [0.717, 1.165) is 22.4 Å². The smallest absolute Gasteiger partial charge is 0.126 e. The lowest BCUT2D eigenvalue weighted by Crippen LogP contribution is -2.31. The van der Waals surface area contributed by atoms with Crippen LogP contribution >= 0.6 is 27.5 Å². The summed E-state index contributed by atoms with van der Waals surface area (Å²) in [6, 6.07) is 3.97. The molecule has 0 aliphatic rings. The van der Waals surface area contributed by atoms with Crippen LogP contribution in [0.1, 0.15) is 26.0 Å². The quantitative estimate of drug-likeness (QED) is 0.849. The van der Waals surface area contributed by atoms with E-state index in [0.29, 0.717) is 5.88 Å². The summed E-state index contributed by atoms with van der Waals surface area (Å²) in [5.41, 5.74) is 0.969. The average molecular weight is 292 g/mol. The van der Waals surface area contributed by atoms with Crippen LogP contribution in [0.15, 0.2) is 16.6 Å². The predicted molar refractivity (Wildman–Crippen MR) is 69.7 cm³/mol. The molecule has 0 bridgehead atoms. The van der Waals surface area contributed by atoms with Crippen LogP contribution in [-0.4, -0.2) is 16.4 Å². The Morgan fingerprint density at radius 3 is 2.67 bits per heavy atom. The van der Waals surface area contributed by atoms with Crippen molar-refractivity contribution in [1.82, 2.24) is 4.98 Å². The third kappa shape index (κ3) is 3.99. The maximum atomic E-state index is 5.74. The number of hydrogen-bond donors (Lipinski definition) is 1. The van der Waals surface area contributed by atoms with Gasteiger partial charge in [-0.1, -0.05) is 0 Å². The third-order valence-corrected chi connectivity index (χ3v) is 3.23. The summed E-state index contributed by atoms with van der Waals surface area (Å²) < 4.78 is 1.03. The molecule has 0 aliphatic carbocycles. The molecule has 84 valence electrons. The molecule has 2 nitrogen and oxygen atoms in total. The maximum Gasteiger partial charge on any atom is 0.126 e. The number of halogens is 2. The number of rotatable bonds is 4. The Kier molecular flexibility index (Phi) is 4.41. The van der Waals surface area contributed by atoms with Crippen molar-refractivity contribution in [3.63, 3.8) is 0 Å². The first kappa shape index (κ1) is 12.8. The molecule has 4 heteroatoms. The molecule has 1 N–H and O–H groups in total. The highest BCUT2D eigenvalue weighted by Gasteiger charge is 2.17. The van der Waals surface area contributed by atoms with Gasteiger partial charge in [0.05, 0.1) is 5.69 Å². The molecule has 0 saturated heterocycles. The number of aryl methyl sites for hydroxylation is 1. The molecule has 15 heavy (non-hydrogen) atoms. The highest BCUT2D eigenvalue weighted by molar-refractivity contribution is 9.10. The second kappa shape index (κ2) is 5.17. The SMILES string of the molecule is Cc1nc(NC(C)(C)CCCl)ccc1Br. The Balaban J connectivity index is 2.76. The summed E-state index contributed by atoms with van der Waals surface area (Å²) in [5, 5.41) is 3.37. The van der Waals surface area contributed by atoms with Crippen molar-refractivity contribution in [1.29, 1.82) is 0 Å². The van der Waals surface area contributed by atoms with Crippen molar-refractivity contribution in [2.75, 3.05) is 11.2 Å². The molecular weight excluding hydrogens is 275 g/mol. The fourth-order valence-corrected chi connectivity index (χ4v) is 1.95. The summed E-state index contributed by atoms with van der Waals surface area (Å²) in [6.45, 7) is 6.21. The van der Waals surface area contributed by atoms with Gasteiger partial charge in [0.2, 0.25) is 0 Å². The van der Waals surface area contributed by atoms with Crippen LogP contribution in [-0.2, 0) is 0 Å². The Morgan fingerprint density at radius 2 is 2.13 bits per heavy atom. The minimum Gasteiger partial charge on any atom is -0.365 e. The molecule has 0 saturated carbocycles. The van der Waals surface area contributed by atoms with Crippen molar-refractivity contribution in [3.05, 3.63) is 22.3 Å². The van der Waals surface area contributed by atoms with Gasteiger partial charge in [0, 0.05) is 15.9 Å². The van der Waals surface area contributed by atoms with Gasteiger partial charge in [0.15, 0.2) is 0 Å². The van der Waals surface area contributed by atoms with Crippen molar-refractivity contribution >= 4 is 33.3 Å². The number of alkyl halides is 1. The molecular formula is C11H16BrClN2. The van der Waals surface area contributed by atoms with Gasteiger partial charge >= 0.3 is 0 Å². The largest absolute Gasteiger partial charge is 0.365 e. The van der Waals surface area contributed by atoms with Crippen LogP contribution in [0.5, 0.6) is 0 Å². The molecule has 1 rings (SSSR count). The highest BCUT2D eigenvalue weighted by Crippen LogP contribution is 2.20. The molecule has 0 aliphatic heterocycles. The predicted octanol–water partition coefficient (Wildman–Crippen LogP) is 3.97. The molecule has 0 fully saturated rings. The van der Waals surface area contributed by atoms with E-state index in [-0.39, 0.29) is 5.54 Å². The Morgan fingerprint density at radius 1 is 1.47 bits per heavy atom. The molecule has 0 atom stereocenters. The Bertz CT molecular complexity index is 339. The van der Waals surface area contributed by atoms with Gasteiger partial charge in [-0.25, -0.2) is 4.98 Å². The van der Waals surface area contributed by atoms with Crippen molar-refractivity contribution in [3.8, 4) is 0 Å². The maximum absolute atomic E-state index is 5.74. The normalized spacial score (nSPS) is 11.5. The molecule has 1 heterocycles. The second-order valence-corrected chi connectivity index (χ2v) is 5.44. The summed E-state index contributed by atoms with van der Waals surface area (Å²) in [7, 11) is 0. The van der Waals surface area contributed by atoms with Gasteiger partial charge in [-0.05, 0) is 55.3 Å². The van der Waals surface area contributed by atoms with Gasteiger partial charge in [0.1, 0.15) is 5.82 Å². The molecule has 0 spiro atoms. The molecule has 1 aromatic heterocycles. The van der Waals surface area contributed by atoms with Crippen molar-refractivity contribution < 1.29 is 0 Å². The zero-order chi connectivity index (χ0) is 11.5. The third-order valence-electron chi connectivity index (χ3n) is 2.21. The lowest BCUT2D eigenvalue weighted by Gasteiger charge is -2.26.